The minimum Gasteiger partial charge on any atom is -0.290 e. The van der Waals surface area contributed by atoms with Crippen LogP contribution in [0.4, 0.5) is 0 Å². The van der Waals surface area contributed by atoms with Crippen molar-refractivity contribution in [2.24, 2.45) is 0 Å². The summed E-state index contributed by atoms with van der Waals surface area (Å²) in [7, 11) is 0. The summed E-state index contributed by atoms with van der Waals surface area (Å²) in [5.41, 5.74) is 2.71. The molecule has 0 spiro atoms. The Balaban J connectivity index is 1.75. The van der Waals surface area contributed by atoms with Crippen LogP contribution in [0.25, 0.3) is 0 Å². The quantitative estimate of drug-likeness (QED) is 0.822. The molecule has 0 bridgehead atoms. The zero-order valence-electron chi connectivity index (χ0n) is 8.56. The number of benzene rings is 1. The van der Waals surface area contributed by atoms with Gasteiger partial charge in [0.1, 0.15) is 0 Å². The highest BCUT2D eigenvalue weighted by atomic mass is 35.5. The molecule has 2 heterocycles. The highest BCUT2D eigenvalue weighted by Crippen LogP contribution is 2.27. The van der Waals surface area contributed by atoms with E-state index in [4.69, 9.17) is 11.6 Å². The molecule has 16 heavy (non-hydrogen) atoms. The van der Waals surface area contributed by atoms with Gasteiger partial charge in [0.15, 0.2) is 0 Å². The molecule has 1 aliphatic rings. The first-order chi connectivity index (χ1) is 7.81. The molecule has 1 aliphatic heterocycles. The van der Waals surface area contributed by atoms with Crippen LogP contribution in [-0.2, 0) is 19.6 Å². The van der Waals surface area contributed by atoms with Crippen LogP contribution in [0, 0.1) is 0 Å². The number of fused-ring (bicyclic) bond motifs is 1. The van der Waals surface area contributed by atoms with Crippen molar-refractivity contribution in [1.29, 1.82) is 0 Å². The van der Waals surface area contributed by atoms with Gasteiger partial charge in [-0.1, -0.05) is 22.2 Å². The molecule has 3 nitrogen and oxygen atoms in total. The summed E-state index contributed by atoms with van der Waals surface area (Å²) >= 11 is 7.44. The number of nitrogens with zero attached hydrogens (tertiary/aromatic N) is 3. The lowest BCUT2D eigenvalue weighted by atomic mass is 10.1. The summed E-state index contributed by atoms with van der Waals surface area (Å²) in [6.45, 7) is 2.88. The fourth-order valence-corrected chi connectivity index (χ4v) is 2.75. The lowest BCUT2D eigenvalue weighted by molar-refractivity contribution is 0.278. The fraction of sp³-hybridized carbons (Fsp3) is 0.273. The van der Waals surface area contributed by atoms with Gasteiger partial charge in [-0.15, -0.1) is 5.10 Å². The third kappa shape index (κ3) is 1.96. The van der Waals surface area contributed by atoms with Crippen molar-refractivity contribution < 1.29 is 0 Å². The summed E-state index contributed by atoms with van der Waals surface area (Å²) in [6, 6.07) is 6.13. The van der Waals surface area contributed by atoms with E-state index in [1.807, 2.05) is 12.3 Å². The first-order valence-electron chi connectivity index (χ1n) is 5.07. The van der Waals surface area contributed by atoms with Gasteiger partial charge in [0, 0.05) is 24.7 Å². The van der Waals surface area contributed by atoms with Crippen molar-refractivity contribution in [3.8, 4) is 0 Å². The normalized spacial score (nSPS) is 15.3. The summed E-state index contributed by atoms with van der Waals surface area (Å²) in [6.07, 6.45) is 1.83. The second-order valence-corrected chi connectivity index (χ2v) is 5.25. The molecule has 0 aliphatic carbocycles. The Labute approximate surface area is 103 Å². The Kier molecular flexibility index (Phi) is 2.63. The summed E-state index contributed by atoms with van der Waals surface area (Å²) in [5, 5.41) is 4.67. The Bertz CT molecular complexity index is 498. The van der Waals surface area contributed by atoms with E-state index in [1.165, 1.54) is 27.5 Å². The second-order valence-electron chi connectivity index (χ2n) is 3.94. The van der Waals surface area contributed by atoms with E-state index >= 15 is 0 Å². The topological polar surface area (TPSA) is 29.0 Å². The van der Waals surface area contributed by atoms with Crippen LogP contribution in [0.2, 0.25) is 5.02 Å². The monoisotopic (exact) mass is 251 g/mol. The average Bonchev–Trinajstić information content (AvgIpc) is 2.86. The molecule has 0 unspecified atom stereocenters. The largest absolute Gasteiger partial charge is 0.290 e. The van der Waals surface area contributed by atoms with Crippen molar-refractivity contribution in [1.82, 2.24) is 14.5 Å². The molecule has 3 rings (SSSR count). The molecule has 82 valence electrons. The first-order valence-corrected chi connectivity index (χ1v) is 6.22. The maximum absolute atomic E-state index is 5.98. The van der Waals surface area contributed by atoms with Crippen molar-refractivity contribution in [2.75, 3.05) is 0 Å². The molecule has 0 saturated heterocycles. The zero-order chi connectivity index (χ0) is 11.0. The van der Waals surface area contributed by atoms with Crippen LogP contribution >= 0.6 is 23.1 Å². The van der Waals surface area contributed by atoms with Gasteiger partial charge >= 0.3 is 0 Å². The minimum atomic E-state index is 0.819. The zero-order valence-corrected chi connectivity index (χ0v) is 10.1. The summed E-state index contributed by atoms with van der Waals surface area (Å²) < 4.78 is 3.87. The Morgan fingerprint density at radius 3 is 3.00 bits per heavy atom. The molecular weight excluding hydrogens is 242 g/mol. The van der Waals surface area contributed by atoms with Gasteiger partial charge in [0.05, 0.1) is 11.1 Å². The maximum atomic E-state index is 5.98. The fourth-order valence-electron chi connectivity index (χ4n) is 2.02. The van der Waals surface area contributed by atoms with Crippen molar-refractivity contribution in [3.63, 3.8) is 0 Å². The SMILES string of the molecule is Clc1ccc2c(c1)CN(Cc1cnns1)C2. The van der Waals surface area contributed by atoms with E-state index in [0.29, 0.717) is 0 Å². The molecular formula is C11H10ClN3S. The molecule has 0 atom stereocenters. The highest BCUT2D eigenvalue weighted by Gasteiger charge is 2.19. The Morgan fingerprint density at radius 1 is 1.31 bits per heavy atom. The smallest absolute Gasteiger partial charge is 0.0666 e. The van der Waals surface area contributed by atoms with Crippen LogP contribution in [0.3, 0.4) is 0 Å². The second kappa shape index (κ2) is 4.13. The van der Waals surface area contributed by atoms with Crippen molar-refractivity contribution in [2.45, 2.75) is 19.6 Å². The number of aromatic nitrogens is 2. The van der Waals surface area contributed by atoms with E-state index in [9.17, 15) is 0 Å². The lowest BCUT2D eigenvalue weighted by Gasteiger charge is -2.11. The Hall–Kier alpha value is -0.970. The molecule has 1 aromatic heterocycles. The number of hydrogen-bond donors (Lipinski definition) is 0. The Morgan fingerprint density at radius 2 is 2.19 bits per heavy atom. The predicted molar refractivity (Wildman–Crippen MR) is 64.3 cm³/mol. The van der Waals surface area contributed by atoms with E-state index in [-0.39, 0.29) is 0 Å². The average molecular weight is 252 g/mol. The van der Waals surface area contributed by atoms with Gasteiger partial charge in [-0.2, -0.15) is 0 Å². The van der Waals surface area contributed by atoms with Crippen LogP contribution < -0.4 is 0 Å². The van der Waals surface area contributed by atoms with Crippen LogP contribution in [-0.4, -0.2) is 14.5 Å². The van der Waals surface area contributed by atoms with Crippen LogP contribution in [0.15, 0.2) is 24.4 Å². The minimum absolute atomic E-state index is 0.819. The first kappa shape index (κ1) is 10.2. The van der Waals surface area contributed by atoms with Crippen LogP contribution in [0.5, 0.6) is 0 Å². The van der Waals surface area contributed by atoms with Gasteiger partial charge in [0.25, 0.3) is 0 Å². The number of rotatable bonds is 2. The van der Waals surface area contributed by atoms with Gasteiger partial charge in [0.2, 0.25) is 0 Å². The van der Waals surface area contributed by atoms with Gasteiger partial charge < -0.3 is 0 Å². The number of halogens is 1. The predicted octanol–water partition coefficient (Wildman–Crippen LogP) is 2.71. The van der Waals surface area contributed by atoms with Crippen LogP contribution in [0.1, 0.15) is 16.0 Å². The third-order valence-electron chi connectivity index (χ3n) is 2.74. The van der Waals surface area contributed by atoms with E-state index in [1.54, 1.807) is 0 Å². The molecule has 0 N–H and O–H groups in total. The highest BCUT2D eigenvalue weighted by molar-refractivity contribution is 7.05. The van der Waals surface area contributed by atoms with Crippen molar-refractivity contribution in [3.05, 3.63) is 45.4 Å². The lowest BCUT2D eigenvalue weighted by Crippen LogP contribution is -2.14. The molecule has 1 aromatic carbocycles. The molecule has 2 aromatic rings. The molecule has 0 radical (unpaired) electrons. The van der Waals surface area contributed by atoms with E-state index < -0.39 is 0 Å². The van der Waals surface area contributed by atoms with Crippen molar-refractivity contribution >= 4 is 23.1 Å². The maximum Gasteiger partial charge on any atom is 0.0666 e. The van der Waals surface area contributed by atoms with E-state index in [2.05, 4.69) is 26.6 Å². The third-order valence-corrected chi connectivity index (χ3v) is 3.62. The van der Waals surface area contributed by atoms with E-state index in [0.717, 1.165) is 24.7 Å². The van der Waals surface area contributed by atoms with Gasteiger partial charge in [-0.3, -0.25) is 4.90 Å². The number of hydrogen-bond acceptors (Lipinski definition) is 4. The van der Waals surface area contributed by atoms with Gasteiger partial charge in [-0.05, 0) is 34.8 Å². The molecule has 5 heteroatoms. The standard InChI is InChI=1S/C11H10ClN3S/c12-10-2-1-8-5-15(6-9(8)3-10)7-11-4-13-14-16-11/h1-4H,5-7H2. The molecule has 0 amide bonds. The molecule has 0 fully saturated rings. The summed E-state index contributed by atoms with van der Waals surface area (Å²) in [5.74, 6) is 0. The summed E-state index contributed by atoms with van der Waals surface area (Å²) in [4.78, 5) is 3.58. The van der Waals surface area contributed by atoms with Gasteiger partial charge in [-0.25, -0.2) is 0 Å². The molecule has 0 saturated carbocycles.